The first-order valence-electron chi connectivity index (χ1n) is 10.2. The predicted molar refractivity (Wildman–Crippen MR) is 119 cm³/mol. The van der Waals surface area contributed by atoms with E-state index in [9.17, 15) is 4.79 Å². The average molecular weight is 413 g/mol. The number of carbonyl (C=O) groups excluding carboxylic acids is 1. The maximum Gasteiger partial charge on any atom is 0.262 e. The van der Waals surface area contributed by atoms with Crippen LogP contribution in [0.25, 0.3) is 16.9 Å². The molecule has 5 rings (SSSR count). The van der Waals surface area contributed by atoms with Gasteiger partial charge in [-0.1, -0.05) is 23.8 Å². The lowest BCUT2D eigenvalue weighted by molar-refractivity contribution is 0.102. The predicted octanol–water partition coefficient (Wildman–Crippen LogP) is 3.19. The summed E-state index contributed by atoms with van der Waals surface area (Å²) in [5, 5.41) is 12.1. The molecular formula is C23H23N7O. The molecule has 0 radical (unpaired) electrons. The van der Waals surface area contributed by atoms with E-state index in [4.69, 9.17) is 5.10 Å². The van der Waals surface area contributed by atoms with Crippen LogP contribution in [0.5, 0.6) is 0 Å². The van der Waals surface area contributed by atoms with Crippen molar-refractivity contribution in [3.63, 3.8) is 0 Å². The molecule has 0 spiro atoms. The molecule has 0 aliphatic carbocycles. The maximum atomic E-state index is 13.1. The van der Waals surface area contributed by atoms with E-state index < -0.39 is 0 Å². The van der Waals surface area contributed by atoms with Crippen LogP contribution in [0.15, 0.2) is 61.1 Å². The first-order chi connectivity index (χ1) is 15.1. The Kier molecular flexibility index (Phi) is 4.83. The van der Waals surface area contributed by atoms with E-state index >= 15 is 0 Å². The minimum Gasteiger partial charge on any atom is -0.306 e. The molecule has 1 aliphatic rings. The summed E-state index contributed by atoms with van der Waals surface area (Å²) in [5.74, 6) is 0.338. The third kappa shape index (κ3) is 3.73. The summed E-state index contributed by atoms with van der Waals surface area (Å²) in [6.45, 7) is 3.92. The minimum absolute atomic E-state index is 0.272. The number of aryl methyl sites for hydroxylation is 1. The van der Waals surface area contributed by atoms with Crippen LogP contribution in [-0.4, -0.2) is 55.3 Å². The Bertz CT molecular complexity index is 1280. The van der Waals surface area contributed by atoms with E-state index in [2.05, 4.69) is 33.4 Å². The zero-order valence-corrected chi connectivity index (χ0v) is 17.5. The zero-order valence-electron chi connectivity index (χ0n) is 17.5. The molecule has 156 valence electrons. The number of fused-ring (bicyclic) bond motifs is 1. The molecule has 0 saturated carbocycles. The molecule has 8 heteroatoms. The van der Waals surface area contributed by atoms with Crippen molar-refractivity contribution in [2.45, 2.75) is 13.3 Å². The smallest absolute Gasteiger partial charge is 0.262 e. The highest BCUT2D eigenvalue weighted by molar-refractivity contribution is 6.08. The minimum atomic E-state index is -0.272. The van der Waals surface area contributed by atoms with Gasteiger partial charge in [-0.3, -0.25) is 4.79 Å². The first-order valence-corrected chi connectivity index (χ1v) is 10.2. The lowest BCUT2D eigenvalue weighted by Gasteiger charge is -2.20. The van der Waals surface area contributed by atoms with Crippen LogP contribution in [0.4, 0.5) is 5.82 Å². The monoisotopic (exact) mass is 413 g/mol. The van der Waals surface area contributed by atoms with Gasteiger partial charge in [-0.25, -0.2) is 14.2 Å². The highest BCUT2D eigenvalue weighted by Crippen LogP contribution is 2.26. The van der Waals surface area contributed by atoms with Crippen LogP contribution in [0.3, 0.4) is 0 Å². The van der Waals surface area contributed by atoms with Gasteiger partial charge in [0.2, 0.25) is 0 Å². The molecule has 1 amide bonds. The lowest BCUT2D eigenvalue weighted by atomic mass is 10.1. The van der Waals surface area contributed by atoms with Crippen LogP contribution in [0.2, 0.25) is 0 Å². The highest BCUT2D eigenvalue weighted by Gasteiger charge is 2.20. The summed E-state index contributed by atoms with van der Waals surface area (Å²) >= 11 is 0. The number of rotatable bonds is 4. The molecule has 8 nitrogen and oxygen atoms in total. The summed E-state index contributed by atoms with van der Waals surface area (Å²) in [6, 6.07) is 11.8. The standard InChI is InChI=1S/C23H23N7O/c1-16-4-6-18(7-5-16)30-21(14-20(27-30)17-8-12-28(2)13-9-17)26-23(31)19-15-25-29-11-3-10-24-22(19)29/h3-8,10-11,14-15H,9,12-13H2,1-2H3,(H,26,31). The molecule has 4 heterocycles. The second-order valence-electron chi connectivity index (χ2n) is 7.80. The Balaban J connectivity index is 1.53. The van der Waals surface area contributed by atoms with Gasteiger partial charge < -0.3 is 10.2 Å². The fraction of sp³-hybridized carbons (Fsp3) is 0.217. The highest BCUT2D eigenvalue weighted by atomic mass is 16.1. The molecule has 0 bridgehead atoms. The number of nitrogens with one attached hydrogen (secondary N) is 1. The largest absolute Gasteiger partial charge is 0.306 e. The number of hydrogen-bond donors (Lipinski definition) is 1. The number of amides is 1. The quantitative estimate of drug-likeness (QED) is 0.556. The van der Waals surface area contributed by atoms with Crippen LogP contribution in [-0.2, 0) is 0 Å². The number of hydrogen-bond acceptors (Lipinski definition) is 5. The number of anilines is 1. The Labute approximate surface area is 179 Å². The molecule has 1 N–H and O–H groups in total. The van der Waals surface area contributed by atoms with E-state index in [1.807, 2.05) is 37.3 Å². The van der Waals surface area contributed by atoms with Crippen molar-refractivity contribution >= 4 is 22.9 Å². The van der Waals surface area contributed by atoms with Crippen molar-refractivity contribution in [2.75, 3.05) is 25.5 Å². The van der Waals surface area contributed by atoms with E-state index in [-0.39, 0.29) is 5.91 Å². The third-order valence-electron chi connectivity index (χ3n) is 5.49. The molecular weight excluding hydrogens is 390 g/mol. The van der Waals surface area contributed by atoms with Crippen LogP contribution >= 0.6 is 0 Å². The molecule has 0 atom stereocenters. The number of aromatic nitrogens is 5. The van der Waals surface area contributed by atoms with Crippen molar-refractivity contribution in [2.24, 2.45) is 0 Å². The van der Waals surface area contributed by atoms with Crippen LogP contribution < -0.4 is 5.32 Å². The zero-order chi connectivity index (χ0) is 21.4. The molecule has 1 aliphatic heterocycles. The van der Waals surface area contributed by atoms with Crippen molar-refractivity contribution in [1.82, 2.24) is 29.3 Å². The van der Waals surface area contributed by atoms with Crippen molar-refractivity contribution < 1.29 is 4.79 Å². The third-order valence-corrected chi connectivity index (χ3v) is 5.49. The Morgan fingerprint density at radius 1 is 1.19 bits per heavy atom. The van der Waals surface area contributed by atoms with E-state index in [0.29, 0.717) is 17.0 Å². The summed E-state index contributed by atoms with van der Waals surface area (Å²) in [6.07, 6.45) is 8.07. The number of nitrogens with zero attached hydrogens (tertiary/aromatic N) is 6. The summed E-state index contributed by atoms with van der Waals surface area (Å²) in [5.41, 5.74) is 5.05. The molecule has 1 aromatic carbocycles. The Morgan fingerprint density at radius 3 is 2.81 bits per heavy atom. The van der Waals surface area contributed by atoms with Gasteiger partial charge in [-0.05, 0) is 44.2 Å². The van der Waals surface area contributed by atoms with Crippen molar-refractivity contribution in [1.29, 1.82) is 0 Å². The fourth-order valence-corrected chi connectivity index (χ4v) is 3.68. The Morgan fingerprint density at radius 2 is 2.03 bits per heavy atom. The molecule has 31 heavy (non-hydrogen) atoms. The fourth-order valence-electron chi connectivity index (χ4n) is 3.68. The van der Waals surface area contributed by atoms with Gasteiger partial charge >= 0.3 is 0 Å². The van der Waals surface area contributed by atoms with Gasteiger partial charge in [0.1, 0.15) is 11.4 Å². The maximum absolute atomic E-state index is 13.1. The normalized spacial score (nSPS) is 14.6. The number of carbonyl (C=O) groups is 1. The summed E-state index contributed by atoms with van der Waals surface area (Å²) < 4.78 is 3.37. The molecule has 4 aromatic rings. The van der Waals surface area contributed by atoms with Gasteiger partial charge in [0.25, 0.3) is 5.91 Å². The molecule has 0 saturated heterocycles. The van der Waals surface area contributed by atoms with Crippen molar-refractivity contribution in [3.05, 3.63) is 77.9 Å². The summed E-state index contributed by atoms with van der Waals surface area (Å²) in [4.78, 5) is 19.6. The van der Waals surface area contributed by atoms with E-state index in [1.54, 1.807) is 27.7 Å². The van der Waals surface area contributed by atoms with E-state index in [0.717, 1.165) is 36.5 Å². The molecule has 0 unspecified atom stereocenters. The SMILES string of the molecule is Cc1ccc(-n2nc(C3=CCN(C)CC3)cc2NC(=O)c2cnn3cccnc23)cc1. The van der Waals surface area contributed by atoms with Gasteiger partial charge in [0, 0.05) is 31.5 Å². The number of likely N-dealkylation sites (N-methyl/N-ethyl adjacent to an activating group) is 1. The van der Waals surface area contributed by atoms with Gasteiger partial charge in [-0.15, -0.1) is 0 Å². The second-order valence-corrected chi connectivity index (χ2v) is 7.80. The average Bonchev–Trinajstić information content (AvgIpc) is 3.39. The van der Waals surface area contributed by atoms with Gasteiger partial charge in [0.15, 0.2) is 5.65 Å². The van der Waals surface area contributed by atoms with Crippen molar-refractivity contribution in [3.8, 4) is 5.69 Å². The van der Waals surface area contributed by atoms with E-state index in [1.165, 1.54) is 11.8 Å². The lowest BCUT2D eigenvalue weighted by Crippen LogP contribution is -2.23. The van der Waals surface area contributed by atoms with Gasteiger partial charge in [-0.2, -0.15) is 10.2 Å². The van der Waals surface area contributed by atoms with Crippen LogP contribution in [0, 0.1) is 6.92 Å². The summed E-state index contributed by atoms with van der Waals surface area (Å²) in [7, 11) is 2.11. The molecule has 0 fully saturated rings. The first kappa shape index (κ1) is 19.2. The van der Waals surface area contributed by atoms with Gasteiger partial charge in [0.05, 0.1) is 17.6 Å². The van der Waals surface area contributed by atoms with Crippen LogP contribution in [0.1, 0.15) is 28.0 Å². The topological polar surface area (TPSA) is 80.4 Å². The Hall–Kier alpha value is -3.78. The molecule has 3 aromatic heterocycles. The second kappa shape index (κ2) is 7.81. The number of benzene rings is 1.